The maximum atomic E-state index is 12.9. The van der Waals surface area contributed by atoms with Gasteiger partial charge in [-0.15, -0.1) is 0 Å². The van der Waals surface area contributed by atoms with Crippen LogP contribution in [0.25, 0.3) is 0 Å². The van der Waals surface area contributed by atoms with Crippen molar-refractivity contribution >= 4 is 11.6 Å². The average molecular weight is 300 g/mol. The van der Waals surface area contributed by atoms with Crippen LogP contribution in [0.2, 0.25) is 0 Å². The fourth-order valence-electron chi connectivity index (χ4n) is 4.15. The van der Waals surface area contributed by atoms with E-state index < -0.39 is 0 Å². The summed E-state index contributed by atoms with van der Waals surface area (Å²) >= 11 is 0. The van der Waals surface area contributed by atoms with Crippen LogP contribution in [0.5, 0.6) is 0 Å². The van der Waals surface area contributed by atoms with E-state index in [-0.39, 0.29) is 11.8 Å². The molecule has 0 bridgehead atoms. The first-order valence-corrected chi connectivity index (χ1v) is 8.78. The highest BCUT2D eigenvalue weighted by molar-refractivity contribution is 5.94. The fourth-order valence-corrected chi connectivity index (χ4v) is 4.15. The molecule has 1 aliphatic carbocycles. The van der Waals surface area contributed by atoms with E-state index in [0.29, 0.717) is 6.04 Å². The molecule has 2 fully saturated rings. The highest BCUT2D eigenvalue weighted by Gasteiger charge is 2.35. The number of amides is 1. The lowest BCUT2D eigenvalue weighted by atomic mass is 9.83. The van der Waals surface area contributed by atoms with Crippen LogP contribution in [0, 0.1) is 19.8 Å². The van der Waals surface area contributed by atoms with Crippen molar-refractivity contribution in [2.75, 3.05) is 18.4 Å². The Morgan fingerprint density at radius 2 is 1.68 bits per heavy atom. The second-order valence-electron chi connectivity index (χ2n) is 6.96. The third-order valence-corrected chi connectivity index (χ3v) is 5.41. The topological polar surface area (TPSA) is 32.3 Å². The predicted molar refractivity (Wildman–Crippen MR) is 91.1 cm³/mol. The Balaban J connectivity index is 1.74. The lowest BCUT2D eigenvalue weighted by Gasteiger charge is -2.37. The number of carbonyl (C=O) groups excluding carboxylic acids is 1. The fraction of sp³-hybridized carbons (Fsp3) is 0.632. The van der Waals surface area contributed by atoms with Crippen LogP contribution in [0.1, 0.15) is 49.7 Å². The molecular formula is C19H28N2O. The van der Waals surface area contributed by atoms with E-state index in [1.54, 1.807) is 0 Å². The largest absolute Gasteiger partial charge is 0.325 e. The first-order valence-electron chi connectivity index (χ1n) is 8.78. The first-order chi connectivity index (χ1) is 10.7. The van der Waals surface area contributed by atoms with Crippen LogP contribution < -0.4 is 5.32 Å². The average Bonchev–Trinajstić information content (AvgIpc) is 3.05. The summed E-state index contributed by atoms with van der Waals surface area (Å²) in [5, 5.41) is 3.24. The molecule has 1 amide bonds. The molecule has 0 aromatic heterocycles. The molecule has 1 aliphatic heterocycles. The van der Waals surface area contributed by atoms with Gasteiger partial charge in [0.05, 0.1) is 5.92 Å². The first kappa shape index (κ1) is 15.5. The summed E-state index contributed by atoms with van der Waals surface area (Å²) < 4.78 is 0. The second-order valence-corrected chi connectivity index (χ2v) is 6.96. The molecule has 1 aromatic rings. The molecular weight excluding hydrogens is 272 g/mol. The zero-order valence-corrected chi connectivity index (χ0v) is 13.9. The molecule has 22 heavy (non-hydrogen) atoms. The zero-order chi connectivity index (χ0) is 15.5. The zero-order valence-electron chi connectivity index (χ0n) is 13.9. The molecule has 2 aliphatic rings. The van der Waals surface area contributed by atoms with Gasteiger partial charge in [0.25, 0.3) is 0 Å². The van der Waals surface area contributed by atoms with E-state index >= 15 is 0 Å². The SMILES string of the molecule is Cc1cccc(C)c1NC(=O)[C@@H]1CCCC[C@@H]1N1CCCC1. The van der Waals surface area contributed by atoms with E-state index in [0.717, 1.165) is 23.2 Å². The third-order valence-electron chi connectivity index (χ3n) is 5.41. The molecule has 1 N–H and O–H groups in total. The number of aryl methyl sites for hydroxylation is 2. The maximum absolute atomic E-state index is 12.9. The third kappa shape index (κ3) is 3.19. The van der Waals surface area contributed by atoms with Crippen LogP contribution in [-0.4, -0.2) is 29.9 Å². The van der Waals surface area contributed by atoms with Crippen molar-refractivity contribution in [2.45, 2.75) is 58.4 Å². The van der Waals surface area contributed by atoms with Gasteiger partial charge in [0.2, 0.25) is 5.91 Å². The monoisotopic (exact) mass is 300 g/mol. The van der Waals surface area contributed by atoms with Crippen molar-refractivity contribution in [1.29, 1.82) is 0 Å². The van der Waals surface area contributed by atoms with Gasteiger partial charge in [0.1, 0.15) is 0 Å². The molecule has 0 unspecified atom stereocenters. The molecule has 3 nitrogen and oxygen atoms in total. The molecule has 1 saturated carbocycles. The van der Waals surface area contributed by atoms with E-state index in [9.17, 15) is 4.79 Å². The minimum absolute atomic E-state index is 0.158. The molecule has 120 valence electrons. The Kier molecular flexibility index (Phi) is 4.82. The van der Waals surface area contributed by atoms with Gasteiger partial charge in [-0.1, -0.05) is 31.0 Å². The molecule has 2 atom stereocenters. The molecule has 0 spiro atoms. The van der Waals surface area contributed by atoms with Crippen LogP contribution in [0.3, 0.4) is 0 Å². The number of hydrogen-bond donors (Lipinski definition) is 1. The van der Waals surface area contributed by atoms with E-state index in [2.05, 4.69) is 36.2 Å². The molecule has 3 heteroatoms. The summed E-state index contributed by atoms with van der Waals surface area (Å²) in [6, 6.07) is 6.65. The smallest absolute Gasteiger partial charge is 0.229 e. The van der Waals surface area contributed by atoms with Gasteiger partial charge >= 0.3 is 0 Å². The van der Waals surface area contributed by atoms with Gasteiger partial charge < -0.3 is 5.32 Å². The number of likely N-dealkylation sites (tertiary alicyclic amines) is 1. The standard InChI is InChI=1S/C19H28N2O/c1-14-8-7-9-15(2)18(14)20-19(22)16-10-3-4-11-17(16)21-12-5-6-13-21/h7-9,16-17H,3-6,10-13H2,1-2H3,(H,20,22)/t16-,17+/m1/s1. The van der Waals surface area contributed by atoms with Gasteiger partial charge in [-0.3, -0.25) is 9.69 Å². The quantitative estimate of drug-likeness (QED) is 0.918. The lowest BCUT2D eigenvalue weighted by Crippen LogP contribution is -2.45. The summed E-state index contributed by atoms with van der Waals surface area (Å²) in [6.45, 7) is 6.50. The summed E-state index contributed by atoms with van der Waals surface area (Å²) in [4.78, 5) is 15.5. The second kappa shape index (κ2) is 6.82. The number of nitrogens with zero attached hydrogens (tertiary/aromatic N) is 1. The highest BCUT2D eigenvalue weighted by Crippen LogP contribution is 2.32. The van der Waals surface area contributed by atoms with Gasteiger partial charge in [0.15, 0.2) is 0 Å². The van der Waals surface area contributed by atoms with Crippen molar-refractivity contribution in [2.24, 2.45) is 5.92 Å². The van der Waals surface area contributed by atoms with Crippen molar-refractivity contribution in [1.82, 2.24) is 4.90 Å². The Hall–Kier alpha value is -1.35. The number of anilines is 1. The number of rotatable bonds is 3. The summed E-state index contributed by atoms with van der Waals surface area (Å²) in [6.07, 6.45) is 7.27. The number of carbonyl (C=O) groups is 1. The number of nitrogens with one attached hydrogen (secondary N) is 1. The van der Waals surface area contributed by atoms with Gasteiger partial charge in [-0.25, -0.2) is 0 Å². The van der Waals surface area contributed by atoms with Crippen molar-refractivity contribution in [3.63, 3.8) is 0 Å². The van der Waals surface area contributed by atoms with E-state index in [1.807, 2.05) is 6.07 Å². The van der Waals surface area contributed by atoms with Crippen LogP contribution in [0.4, 0.5) is 5.69 Å². The molecule has 3 rings (SSSR count). The van der Waals surface area contributed by atoms with Gasteiger partial charge in [0, 0.05) is 11.7 Å². The maximum Gasteiger partial charge on any atom is 0.229 e. The Bertz CT molecular complexity index is 514. The number of hydrogen-bond acceptors (Lipinski definition) is 2. The Labute approximate surface area is 134 Å². The van der Waals surface area contributed by atoms with Gasteiger partial charge in [-0.2, -0.15) is 0 Å². The van der Waals surface area contributed by atoms with Crippen LogP contribution in [0.15, 0.2) is 18.2 Å². The summed E-state index contributed by atoms with van der Waals surface area (Å²) in [5.74, 6) is 0.389. The van der Waals surface area contributed by atoms with Crippen molar-refractivity contribution < 1.29 is 4.79 Å². The minimum atomic E-state index is 0.158. The van der Waals surface area contributed by atoms with E-state index in [4.69, 9.17) is 0 Å². The van der Waals surface area contributed by atoms with Crippen molar-refractivity contribution in [3.8, 4) is 0 Å². The van der Waals surface area contributed by atoms with E-state index in [1.165, 1.54) is 45.2 Å². The molecule has 0 radical (unpaired) electrons. The molecule has 1 heterocycles. The Morgan fingerprint density at radius 1 is 1.05 bits per heavy atom. The highest BCUT2D eigenvalue weighted by atomic mass is 16.1. The lowest BCUT2D eigenvalue weighted by molar-refractivity contribution is -0.123. The van der Waals surface area contributed by atoms with Crippen molar-refractivity contribution in [3.05, 3.63) is 29.3 Å². The van der Waals surface area contributed by atoms with Gasteiger partial charge in [-0.05, 0) is 63.7 Å². The number of benzene rings is 1. The minimum Gasteiger partial charge on any atom is -0.325 e. The predicted octanol–water partition coefficient (Wildman–Crippen LogP) is 3.90. The normalized spacial score (nSPS) is 26.1. The summed E-state index contributed by atoms with van der Waals surface area (Å²) in [7, 11) is 0. The van der Waals surface area contributed by atoms with Crippen LogP contribution >= 0.6 is 0 Å². The Morgan fingerprint density at radius 3 is 2.36 bits per heavy atom. The number of para-hydroxylation sites is 1. The van der Waals surface area contributed by atoms with Crippen LogP contribution in [-0.2, 0) is 4.79 Å². The molecule has 1 saturated heterocycles. The summed E-state index contributed by atoms with van der Waals surface area (Å²) in [5.41, 5.74) is 3.32. The molecule has 1 aromatic carbocycles.